The van der Waals surface area contributed by atoms with Crippen LogP contribution in [0.4, 0.5) is 5.69 Å². The number of benzene rings is 2. The summed E-state index contributed by atoms with van der Waals surface area (Å²) in [5.74, 6) is 2.82. The van der Waals surface area contributed by atoms with E-state index in [0.717, 1.165) is 22.5 Å². The molecule has 1 atom stereocenters. The number of fused-ring (bicyclic) bond motifs is 1. The number of terminal acetylenes is 1. The number of rotatable bonds is 7. The number of anilines is 1. The number of nitrogens with zero attached hydrogens (tertiary/aromatic N) is 2. The van der Waals surface area contributed by atoms with Crippen LogP contribution in [-0.4, -0.2) is 37.9 Å². The van der Waals surface area contributed by atoms with Crippen LogP contribution in [-0.2, 0) is 9.53 Å². The second-order valence-corrected chi connectivity index (χ2v) is 8.78. The Kier molecular flexibility index (Phi) is 6.97. The molecule has 1 aliphatic heterocycles. The number of hydrogen-bond acceptors (Lipinski definition) is 3. The fourth-order valence-electron chi connectivity index (χ4n) is 3.35. The summed E-state index contributed by atoms with van der Waals surface area (Å²) in [4.78, 5) is 19.4. The second-order valence-electron chi connectivity index (χ2n) is 8.35. The summed E-state index contributed by atoms with van der Waals surface area (Å²) >= 11 is 6.30. The van der Waals surface area contributed by atoms with Gasteiger partial charge in [0.2, 0.25) is 5.91 Å². The Balaban J connectivity index is 1.84. The number of aliphatic imine (C=N–C) groups is 1. The van der Waals surface area contributed by atoms with Crippen LogP contribution in [0.3, 0.4) is 0 Å². The fraction of sp³-hybridized carbons (Fsp3) is 0.360. The van der Waals surface area contributed by atoms with E-state index >= 15 is 0 Å². The van der Waals surface area contributed by atoms with Crippen LogP contribution in [0.25, 0.3) is 0 Å². The molecule has 1 unspecified atom stereocenters. The van der Waals surface area contributed by atoms with Crippen LogP contribution in [0, 0.1) is 23.7 Å². The summed E-state index contributed by atoms with van der Waals surface area (Å²) < 4.78 is 5.83. The molecule has 0 saturated carbocycles. The van der Waals surface area contributed by atoms with E-state index in [1.807, 2.05) is 62.4 Å². The zero-order chi connectivity index (χ0) is 21.7. The molecule has 0 radical (unpaired) electrons. The Morgan fingerprint density at radius 2 is 2.00 bits per heavy atom. The van der Waals surface area contributed by atoms with Crippen molar-refractivity contribution in [3.05, 3.63) is 64.7 Å². The van der Waals surface area contributed by atoms with Gasteiger partial charge in [-0.05, 0) is 38.0 Å². The number of ether oxygens (including phenoxy) is 1. The quantitative estimate of drug-likeness (QED) is 0.599. The summed E-state index contributed by atoms with van der Waals surface area (Å²) in [5.41, 5.74) is 3.12. The molecule has 0 bridgehead atoms. The maximum absolute atomic E-state index is 13.0. The molecule has 4 nitrogen and oxygen atoms in total. The van der Waals surface area contributed by atoms with Gasteiger partial charge in [-0.25, -0.2) is 0 Å². The maximum Gasteiger partial charge on any atom is 0.248 e. The molecular weight excluding hydrogens is 396 g/mol. The molecule has 0 aromatic heterocycles. The minimum absolute atomic E-state index is 0.0414. The zero-order valence-electron chi connectivity index (χ0n) is 17.7. The van der Waals surface area contributed by atoms with Crippen molar-refractivity contribution in [1.29, 1.82) is 0 Å². The molecule has 0 aliphatic carbocycles. The Hall–Kier alpha value is -2.61. The zero-order valence-corrected chi connectivity index (χ0v) is 18.4. The van der Waals surface area contributed by atoms with Gasteiger partial charge in [0.25, 0.3) is 0 Å². The average molecular weight is 423 g/mol. The number of hydrogen-bond donors (Lipinski definition) is 0. The highest BCUT2D eigenvalue weighted by Crippen LogP contribution is 2.30. The van der Waals surface area contributed by atoms with Crippen LogP contribution >= 0.6 is 11.6 Å². The minimum Gasteiger partial charge on any atom is -0.380 e. The summed E-state index contributed by atoms with van der Waals surface area (Å²) in [6, 6.07) is 15.5. The van der Waals surface area contributed by atoms with Crippen molar-refractivity contribution in [2.45, 2.75) is 20.8 Å². The lowest BCUT2D eigenvalue weighted by Crippen LogP contribution is -2.37. The third-order valence-corrected chi connectivity index (χ3v) is 5.21. The smallest absolute Gasteiger partial charge is 0.248 e. The molecule has 5 heteroatoms. The van der Waals surface area contributed by atoms with Gasteiger partial charge in [-0.15, -0.1) is 6.42 Å². The van der Waals surface area contributed by atoms with Crippen molar-refractivity contribution in [2.24, 2.45) is 16.3 Å². The molecule has 0 saturated heterocycles. The highest BCUT2D eigenvalue weighted by Gasteiger charge is 2.27. The summed E-state index contributed by atoms with van der Waals surface area (Å²) in [5, 5.41) is 0.611. The first-order valence-electron chi connectivity index (χ1n) is 10.1. The van der Waals surface area contributed by atoms with Crippen LogP contribution in [0.2, 0.25) is 5.02 Å². The van der Waals surface area contributed by atoms with Crippen molar-refractivity contribution in [3.63, 3.8) is 0 Å². The standard InChI is InChI=1S/C25H27ClN2O2/c1-5-25(3,4)17-30-16-18(2)15-28-22-12-11-20(26)13-21(22)24(27-14-23(28)29)19-9-7-6-8-10-19/h1,6-13,18H,14-17H2,2-4H3. The monoisotopic (exact) mass is 422 g/mol. The molecule has 30 heavy (non-hydrogen) atoms. The molecule has 2 aromatic carbocycles. The Morgan fingerprint density at radius 3 is 2.70 bits per heavy atom. The molecule has 0 spiro atoms. The van der Waals surface area contributed by atoms with Gasteiger partial charge in [0.15, 0.2) is 0 Å². The third-order valence-electron chi connectivity index (χ3n) is 4.98. The van der Waals surface area contributed by atoms with Crippen LogP contribution < -0.4 is 4.90 Å². The Morgan fingerprint density at radius 1 is 1.27 bits per heavy atom. The largest absolute Gasteiger partial charge is 0.380 e. The van der Waals surface area contributed by atoms with E-state index in [1.54, 1.807) is 4.90 Å². The number of carbonyl (C=O) groups excluding carboxylic acids is 1. The SMILES string of the molecule is C#CC(C)(C)COCC(C)CN1C(=O)CN=C(c2ccccc2)c2cc(Cl)ccc21. The van der Waals surface area contributed by atoms with Crippen molar-refractivity contribution >= 4 is 28.9 Å². The predicted octanol–water partition coefficient (Wildman–Crippen LogP) is 4.84. The van der Waals surface area contributed by atoms with E-state index in [2.05, 4.69) is 17.8 Å². The van der Waals surface area contributed by atoms with Crippen molar-refractivity contribution < 1.29 is 9.53 Å². The van der Waals surface area contributed by atoms with E-state index in [1.165, 1.54) is 0 Å². The van der Waals surface area contributed by atoms with Gasteiger partial charge in [-0.2, -0.15) is 0 Å². The Labute approximate surface area is 183 Å². The lowest BCUT2D eigenvalue weighted by molar-refractivity contribution is -0.117. The van der Waals surface area contributed by atoms with Crippen molar-refractivity contribution in [1.82, 2.24) is 0 Å². The van der Waals surface area contributed by atoms with Gasteiger partial charge < -0.3 is 9.64 Å². The number of carbonyl (C=O) groups is 1. The molecule has 2 aromatic rings. The van der Waals surface area contributed by atoms with E-state index < -0.39 is 0 Å². The van der Waals surface area contributed by atoms with Crippen LogP contribution in [0.5, 0.6) is 0 Å². The first-order chi connectivity index (χ1) is 14.3. The molecule has 1 amide bonds. The van der Waals surface area contributed by atoms with Gasteiger partial charge in [0, 0.05) is 28.1 Å². The first kappa shape index (κ1) is 22.1. The highest BCUT2D eigenvalue weighted by atomic mass is 35.5. The van der Waals surface area contributed by atoms with Crippen molar-refractivity contribution in [2.75, 3.05) is 31.2 Å². The topological polar surface area (TPSA) is 41.9 Å². The van der Waals surface area contributed by atoms with E-state index in [9.17, 15) is 4.79 Å². The number of benzodiazepines with no additional fused rings is 1. The van der Waals surface area contributed by atoms with Gasteiger partial charge in [-0.1, -0.05) is 54.8 Å². The predicted molar refractivity (Wildman–Crippen MR) is 123 cm³/mol. The van der Waals surface area contributed by atoms with Crippen LogP contribution in [0.1, 0.15) is 31.9 Å². The summed E-state index contributed by atoms with van der Waals surface area (Å²) in [6.07, 6.45) is 5.53. The maximum atomic E-state index is 13.0. The number of halogens is 1. The molecule has 1 aliphatic rings. The van der Waals surface area contributed by atoms with Gasteiger partial charge in [0.05, 0.1) is 24.6 Å². The van der Waals surface area contributed by atoms with Gasteiger partial charge in [-0.3, -0.25) is 9.79 Å². The van der Waals surface area contributed by atoms with E-state index in [-0.39, 0.29) is 23.8 Å². The highest BCUT2D eigenvalue weighted by molar-refractivity contribution is 6.32. The second kappa shape index (κ2) is 9.47. The summed E-state index contributed by atoms with van der Waals surface area (Å²) in [7, 11) is 0. The fourth-order valence-corrected chi connectivity index (χ4v) is 3.52. The van der Waals surface area contributed by atoms with E-state index in [4.69, 9.17) is 22.8 Å². The van der Waals surface area contributed by atoms with Gasteiger partial charge >= 0.3 is 0 Å². The molecule has 0 fully saturated rings. The first-order valence-corrected chi connectivity index (χ1v) is 10.4. The molecule has 3 rings (SSSR count). The third kappa shape index (κ3) is 5.30. The van der Waals surface area contributed by atoms with Gasteiger partial charge in [0.1, 0.15) is 6.54 Å². The molecular formula is C25H27ClN2O2. The number of amides is 1. The molecule has 1 heterocycles. The summed E-state index contributed by atoms with van der Waals surface area (Å²) in [6.45, 7) is 7.63. The molecule has 156 valence electrons. The van der Waals surface area contributed by atoms with Crippen LogP contribution in [0.15, 0.2) is 53.5 Å². The van der Waals surface area contributed by atoms with E-state index in [0.29, 0.717) is 24.8 Å². The normalized spacial score (nSPS) is 15.1. The lowest BCUT2D eigenvalue weighted by atomic mass is 9.96. The Bertz CT molecular complexity index is 976. The minimum atomic E-state index is -0.306. The lowest BCUT2D eigenvalue weighted by Gasteiger charge is -2.27. The molecule has 0 N–H and O–H groups in total. The average Bonchev–Trinajstić information content (AvgIpc) is 2.85. The van der Waals surface area contributed by atoms with Crippen molar-refractivity contribution in [3.8, 4) is 12.3 Å².